The fourth-order valence-electron chi connectivity index (χ4n) is 2.09. The summed E-state index contributed by atoms with van der Waals surface area (Å²) < 4.78 is 0. The lowest BCUT2D eigenvalue weighted by Crippen LogP contribution is -2.10. The lowest BCUT2D eigenvalue weighted by atomic mass is 10.0. The van der Waals surface area contributed by atoms with Gasteiger partial charge in [-0.05, 0) is 25.0 Å². The van der Waals surface area contributed by atoms with Gasteiger partial charge in [0.15, 0.2) is 0 Å². The van der Waals surface area contributed by atoms with E-state index in [0.29, 0.717) is 5.82 Å². The molecule has 0 aliphatic heterocycles. The molecule has 0 amide bonds. The molecule has 0 radical (unpaired) electrons. The predicted molar refractivity (Wildman–Crippen MR) is 78.5 cm³/mol. The fourth-order valence-corrected chi connectivity index (χ4v) is 2.09. The summed E-state index contributed by atoms with van der Waals surface area (Å²) in [6.07, 6.45) is 0. The average Bonchev–Trinajstić information content (AvgIpc) is 2.38. The highest BCUT2D eigenvalue weighted by Crippen LogP contribution is 2.24. The molecule has 0 saturated carbocycles. The highest BCUT2D eigenvalue weighted by molar-refractivity contribution is 5.53. The van der Waals surface area contributed by atoms with Gasteiger partial charge < -0.3 is 11.1 Å². The molecule has 1 atom stereocenters. The quantitative estimate of drug-likeness (QED) is 0.659. The normalized spacial score (nSPS) is 11.9. The van der Waals surface area contributed by atoms with Crippen LogP contribution in [0.3, 0.4) is 0 Å². The number of nitrogens with two attached hydrogens (primary N) is 1. The smallest absolute Gasteiger partial charge is 0.276 e. The van der Waals surface area contributed by atoms with Gasteiger partial charge in [0.25, 0.3) is 5.69 Å². The van der Waals surface area contributed by atoms with E-state index in [1.54, 1.807) is 0 Å². The Balaban J connectivity index is 2.26. The van der Waals surface area contributed by atoms with E-state index in [4.69, 9.17) is 5.73 Å². The van der Waals surface area contributed by atoms with Gasteiger partial charge in [0, 0.05) is 0 Å². The van der Waals surface area contributed by atoms with E-state index in [0.717, 1.165) is 11.1 Å². The van der Waals surface area contributed by atoms with Gasteiger partial charge in [-0.3, -0.25) is 10.1 Å². The van der Waals surface area contributed by atoms with Crippen molar-refractivity contribution in [2.24, 2.45) is 0 Å². The first kappa shape index (κ1) is 13.8. The van der Waals surface area contributed by atoms with Crippen molar-refractivity contribution < 1.29 is 4.92 Å². The minimum Gasteiger partial charge on any atom is -0.383 e. The molecule has 104 valence electrons. The fraction of sp³-hybridized carbons (Fsp3) is 0.214. The van der Waals surface area contributed by atoms with Crippen LogP contribution in [-0.4, -0.2) is 9.91 Å². The summed E-state index contributed by atoms with van der Waals surface area (Å²) in [4.78, 5) is 14.4. The molecular weight excluding hydrogens is 256 g/mol. The molecule has 2 rings (SSSR count). The highest BCUT2D eigenvalue weighted by atomic mass is 16.6. The maximum absolute atomic E-state index is 10.8. The van der Waals surface area contributed by atoms with Gasteiger partial charge in [-0.25, -0.2) is 4.98 Å². The number of aromatic nitrogens is 1. The summed E-state index contributed by atoms with van der Waals surface area (Å²) in [5.74, 6) is 0.520. The third kappa shape index (κ3) is 3.03. The molecule has 0 saturated heterocycles. The maximum atomic E-state index is 10.8. The number of hydrogen-bond donors (Lipinski definition) is 2. The summed E-state index contributed by atoms with van der Waals surface area (Å²) in [5.41, 5.74) is 7.77. The molecule has 20 heavy (non-hydrogen) atoms. The largest absolute Gasteiger partial charge is 0.383 e. The van der Waals surface area contributed by atoms with Crippen LogP contribution in [-0.2, 0) is 0 Å². The van der Waals surface area contributed by atoms with E-state index in [1.165, 1.54) is 12.1 Å². The van der Waals surface area contributed by atoms with Crippen LogP contribution in [0.25, 0.3) is 0 Å². The Morgan fingerprint density at radius 2 is 2.05 bits per heavy atom. The van der Waals surface area contributed by atoms with Crippen LogP contribution in [0.1, 0.15) is 24.1 Å². The summed E-state index contributed by atoms with van der Waals surface area (Å²) >= 11 is 0. The van der Waals surface area contributed by atoms with Crippen molar-refractivity contribution in [2.75, 3.05) is 11.1 Å². The number of benzene rings is 1. The maximum Gasteiger partial charge on any atom is 0.276 e. The second kappa shape index (κ2) is 5.56. The lowest BCUT2D eigenvalue weighted by Gasteiger charge is -2.17. The van der Waals surface area contributed by atoms with Crippen LogP contribution >= 0.6 is 0 Å². The second-order valence-corrected chi connectivity index (χ2v) is 4.62. The first-order valence-electron chi connectivity index (χ1n) is 6.21. The number of nitrogens with zero attached hydrogens (tertiary/aromatic N) is 2. The van der Waals surface area contributed by atoms with Crippen molar-refractivity contribution in [1.29, 1.82) is 0 Å². The third-order valence-corrected chi connectivity index (χ3v) is 3.06. The van der Waals surface area contributed by atoms with Crippen molar-refractivity contribution in [3.05, 3.63) is 57.6 Å². The lowest BCUT2D eigenvalue weighted by molar-refractivity contribution is -0.384. The molecule has 0 aliphatic rings. The molecule has 0 fully saturated rings. The van der Waals surface area contributed by atoms with Crippen molar-refractivity contribution in [3.63, 3.8) is 0 Å². The van der Waals surface area contributed by atoms with Gasteiger partial charge in [-0.1, -0.05) is 24.3 Å². The zero-order valence-electron chi connectivity index (χ0n) is 11.3. The van der Waals surface area contributed by atoms with E-state index in [-0.39, 0.29) is 17.5 Å². The van der Waals surface area contributed by atoms with E-state index >= 15 is 0 Å². The zero-order valence-corrected chi connectivity index (χ0v) is 11.3. The molecule has 1 heterocycles. The summed E-state index contributed by atoms with van der Waals surface area (Å²) in [6.45, 7) is 3.99. The van der Waals surface area contributed by atoms with Crippen LogP contribution in [0.15, 0.2) is 36.4 Å². The monoisotopic (exact) mass is 272 g/mol. The number of rotatable bonds is 4. The van der Waals surface area contributed by atoms with Gasteiger partial charge >= 0.3 is 0 Å². The minimum absolute atomic E-state index is 0.0231. The van der Waals surface area contributed by atoms with E-state index in [1.807, 2.05) is 38.1 Å². The highest BCUT2D eigenvalue weighted by Gasteiger charge is 2.13. The molecule has 2 aromatic rings. The van der Waals surface area contributed by atoms with Crippen molar-refractivity contribution in [3.8, 4) is 0 Å². The van der Waals surface area contributed by atoms with Crippen LogP contribution in [0, 0.1) is 17.0 Å². The molecule has 0 bridgehead atoms. The van der Waals surface area contributed by atoms with Crippen LogP contribution < -0.4 is 11.1 Å². The Morgan fingerprint density at radius 3 is 2.70 bits per heavy atom. The predicted octanol–water partition coefficient (Wildman–Crippen LogP) is 3.05. The molecule has 1 aromatic heterocycles. The standard InChI is InChI=1S/C14H16N4O2/c1-9-5-3-4-6-12(9)10(2)16-14-8-11(18(19)20)7-13(15)17-14/h3-8,10H,1-2H3,(H3,15,16,17). The molecule has 3 N–H and O–H groups in total. The summed E-state index contributed by atoms with van der Waals surface area (Å²) in [6, 6.07) is 10.5. The minimum atomic E-state index is -0.484. The summed E-state index contributed by atoms with van der Waals surface area (Å²) in [7, 11) is 0. The topological polar surface area (TPSA) is 94.1 Å². The van der Waals surface area contributed by atoms with Gasteiger partial charge in [0.2, 0.25) is 0 Å². The SMILES string of the molecule is Cc1ccccc1C(C)Nc1cc([N+](=O)[O-])cc(N)n1. The number of nitro groups is 1. The van der Waals surface area contributed by atoms with Crippen molar-refractivity contribution >= 4 is 17.3 Å². The molecule has 0 aliphatic carbocycles. The Hall–Kier alpha value is -2.63. The van der Waals surface area contributed by atoms with Crippen molar-refractivity contribution in [1.82, 2.24) is 4.98 Å². The molecule has 1 aromatic carbocycles. The van der Waals surface area contributed by atoms with Gasteiger partial charge in [-0.15, -0.1) is 0 Å². The van der Waals surface area contributed by atoms with Crippen LogP contribution in [0.4, 0.5) is 17.3 Å². The molecule has 1 unspecified atom stereocenters. The summed E-state index contributed by atoms with van der Waals surface area (Å²) in [5, 5.41) is 13.9. The third-order valence-electron chi connectivity index (χ3n) is 3.06. The number of nitrogen functional groups attached to an aromatic ring is 1. The first-order valence-corrected chi connectivity index (χ1v) is 6.21. The van der Waals surface area contributed by atoms with E-state index in [9.17, 15) is 10.1 Å². The molecular formula is C14H16N4O2. The van der Waals surface area contributed by atoms with Crippen LogP contribution in [0.2, 0.25) is 0 Å². The van der Waals surface area contributed by atoms with E-state index in [2.05, 4.69) is 10.3 Å². The van der Waals surface area contributed by atoms with E-state index < -0.39 is 4.92 Å². The second-order valence-electron chi connectivity index (χ2n) is 4.62. The van der Waals surface area contributed by atoms with Gasteiger partial charge in [-0.2, -0.15) is 0 Å². The van der Waals surface area contributed by atoms with Gasteiger partial charge in [0.1, 0.15) is 11.6 Å². The first-order chi connectivity index (χ1) is 9.47. The molecule has 6 heteroatoms. The van der Waals surface area contributed by atoms with Gasteiger partial charge in [0.05, 0.1) is 23.1 Å². The number of pyridine rings is 1. The Morgan fingerprint density at radius 1 is 1.35 bits per heavy atom. The zero-order chi connectivity index (χ0) is 14.7. The molecule has 6 nitrogen and oxygen atoms in total. The Kier molecular flexibility index (Phi) is 3.84. The number of anilines is 2. The molecule has 0 spiro atoms. The van der Waals surface area contributed by atoms with Crippen LogP contribution in [0.5, 0.6) is 0 Å². The Bertz CT molecular complexity index is 643. The number of hydrogen-bond acceptors (Lipinski definition) is 5. The Labute approximate surface area is 116 Å². The van der Waals surface area contributed by atoms with Crippen molar-refractivity contribution in [2.45, 2.75) is 19.9 Å². The number of aryl methyl sites for hydroxylation is 1. The average molecular weight is 272 g/mol. The number of nitrogens with one attached hydrogen (secondary N) is 1.